The number of ether oxygens (including phenoxy) is 1. The zero-order chi connectivity index (χ0) is 25.9. The Morgan fingerprint density at radius 3 is 2.46 bits per heavy atom. The molecule has 3 aliphatic carbocycles. The van der Waals surface area contributed by atoms with Gasteiger partial charge in [0.1, 0.15) is 12.2 Å². The van der Waals surface area contributed by atoms with E-state index in [1.54, 1.807) is 0 Å². The standard InChI is InChI=1S/C26H28F5N3O3/c27-18-10-16(11-19(28)23(18)36-17-8-14-7-15(14)9-17)32-24(35)22-21(12-26(29,30)31)37-25(33-22)34-6-5-13-3-1-2-4-20(13)34/h10-11,13-15,17,20H,1-9,12H2,(H,32,35)/t13?,14-,15+,17?,20?. The highest BCUT2D eigenvalue weighted by Crippen LogP contribution is 2.52. The average molecular weight is 526 g/mol. The number of rotatable bonds is 6. The smallest absolute Gasteiger partial charge is 0.396 e. The van der Waals surface area contributed by atoms with Crippen LogP contribution in [0.15, 0.2) is 16.5 Å². The van der Waals surface area contributed by atoms with Gasteiger partial charge in [-0.05, 0) is 56.3 Å². The number of aromatic nitrogens is 1. The van der Waals surface area contributed by atoms with Gasteiger partial charge in [0.25, 0.3) is 11.9 Å². The number of alkyl halides is 3. The summed E-state index contributed by atoms with van der Waals surface area (Å²) in [5.74, 6) is -2.60. The summed E-state index contributed by atoms with van der Waals surface area (Å²) in [6.45, 7) is 0.586. The van der Waals surface area contributed by atoms with E-state index in [2.05, 4.69) is 10.3 Å². The summed E-state index contributed by atoms with van der Waals surface area (Å²) in [5.41, 5.74) is -0.796. The van der Waals surface area contributed by atoms with E-state index < -0.39 is 47.3 Å². The van der Waals surface area contributed by atoms with E-state index in [-0.39, 0.29) is 23.8 Å². The fourth-order valence-electron chi connectivity index (χ4n) is 6.44. The first kappa shape index (κ1) is 24.5. The zero-order valence-electron chi connectivity index (χ0n) is 20.1. The molecule has 2 aromatic rings. The summed E-state index contributed by atoms with van der Waals surface area (Å²) in [7, 11) is 0. The molecule has 1 saturated heterocycles. The number of amides is 1. The number of carbonyl (C=O) groups excluding carboxylic acids is 1. The Kier molecular flexibility index (Phi) is 6.06. The van der Waals surface area contributed by atoms with Crippen molar-refractivity contribution >= 4 is 17.6 Å². The van der Waals surface area contributed by atoms with Crippen LogP contribution in [0.4, 0.5) is 33.7 Å². The molecule has 1 N–H and O–H groups in total. The second-order valence-corrected chi connectivity index (χ2v) is 10.8. The first-order valence-electron chi connectivity index (χ1n) is 12.9. The monoisotopic (exact) mass is 525 g/mol. The molecule has 2 heterocycles. The van der Waals surface area contributed by atoms with Crippen LogP contribution in [0.5, 0.6) is 5.75 Å². The van der Waals surface area contributed by atoms with Gasteiger partial charge in [-0.25, -0.2) is 8.78 Å². The van der Waals surface area contributed by atoms with Gasteiger partial charge in [-0.2, -0.15) is 18.2 Å². The molecule has 37 heavy (non-hydrogen) atoms. The van der Waals surface area contributed by atoms with Crippen molar-refractivity contribution in [1.82, 2.24) is 4.98 Å². The van der Waals surface area contributed by atoms with E-state index in [1.165, 1.54) is 0 Å². The number of benzene rings is 1. The third-order valence-electron chi connectivity index (χ3n) is 8.26. The third kappa shape index (κ3) is 5.01. The van der Waals surface area contributed by atoms with Gasteiger partial charge < -0.3 is 19.4 Å². The summed E-state index contributed by atoms with van der Waals surface area (Å²) >= 11 is 0. The molecule has 1 aromatic heterocycles. The van der Waals surface area contributed by atoms with Crippen LogP contribution in [-0.4, -0.2) is 35.8 Å². The highest BCUT2D eigenvalue weighted by Gasteiger charge is 2.47. The summed E-state index contributed by atoms with van der Waals surface area (Å²) in [6.07, 6.45) is 1.24. The summed E-state index contributed by atoms with van der Waals surface area (Å²) in [5, 5.41) is 2.28. The summed E-state index contributed by atoms with van der Waals surface area (Å²) in [6, 6.07) is 1.88. The molecule has 11 heteroatoms. The van der Waals surface area contributed by atoms with Gasteiger partial charge in [0, 0.05) is 30.4 Å². The first-order valence-corrected chi connectivity index (χ1v) is 12.9. The van der Waals surface area contributed by atoms with Crippen LogP contribution in [0, 0.1) is 29.4 Å². The lowest BCUT2D eigenvalue weighted by Crippen LogP contribution is -2.35. The zero-order valence-corrected chi connectivity index (χ0v) is 20.1. The van der Waals surface area contributed by atoms with Crippen LogP contribution in [0.2, 0.25) is 0 Å². The molecule has 6 nitrogen and oxygen atoms in total. The van der Waals surface area contributed by atoms with E-state index in [4.69, 9.17) is 9.15 Å². The number of anilines is 2. The van der Waals surface area contributed by atoms with Crippen molar-refractivity contribution in [3.63, 3.8) is 0 Å². The minimum atomic E-state index is -4.64. The molecule has 3 saturated carbocycles. The normalized spacial score (nSPS) is 28.7. The van der Waals surface area contributed by atoms with Crippen LogP contribution >= 0.6 is 0 Å². The second-order valence-electron chi connectivity index (χ2n) is 10.8. The summed E-state index contributed by atoms with van der Waals surface area (Å²) < 4.78 is 80.2. The number of fused-ring (bicyclic) bond motifs is 2. The van der Waals surface area contributed by atoms with Gasteiger partial charge >= 0.3 is 6.18 Å². The fourth-order valence-corrected chi connectivity index (χ4v) is 6.44. The van der Waals surface area contributed by atoms with Crippen LogP contribution in [0.3, 0.4) is 0 Å². The maximum absolute atomic E-state index is 14.7. The lowest BCUT2D eigenvalue weighted by molar-refractivity contribution is -0.130. The molecule has 1 amide bonds. The molecule has 3 unspecified atom stereocenters. The van der Waals surface area contributed by atoms with E-state index in [0.717, 1.165) is 63.5 Å². The second kappa shape index (κ2) is 9.16. The fraction of sp³-hybridized carbons (Fsp3) is 0.615. The van der Waals surface area contributed by atoms with Gasteiger partial charge in [0.05, 0.1) is 6.10 Å². The average Bonchev–Trinajstić information content (AvgIpc) is 3.17. The topological polar surface area (TPSA) is 67.6 Å². The number of nitrogens with zero attached hydrogens (tertiary/aromatic N) is 2. The first-order chi connectivity index (χ1) is 17.6. The molecule has 4 fully saturated rings. The molecular weight excluding hydrogens is 497 g/mol. The molecule has 0 bridgehead atoms. The number of oxazole rings is 1. The van der Waals surface area contributed by atoms with Crippen LogP contribution in [0.25, 0.3) is 0 Å². The van der Waals surface area contributed by atoms with Crippen LogP contribution < -0.4 is 15.0 Å². The van der Waals surface area contributed by atoms with Gasteiger partial charge in [0.2, 0.25) is 0 Å². The van der Waals surface area contributed by atoms with E-state index >= 15 is 0 Å². The minimum Gasteiger partial charge on any atom is -0.484 e. The van der Waals surface area contributed by atoms with Gasteiger partial charge in [-0.15, -0.1) is 0 Å². The predicted molar refractivity (Wildman–Crippen MR) is 124 cm³/mol. The quantitative estimate of drug-likeness (QED) is 0.451. The largest absolute Gasteiger partial charge is 0.484 e. The van der Waals surface area contributed by atoms with Crippen molar-refractivity contribution in [2.24, 2.45) is 17.8 Å². The number of hydrogen-bond acceptors (Lipinski definition) is 5. The van der Waals surface area contributed by atoms with Crippen molar-refractivity contribution in [1.29, 1.82) is 0 Å². The molecule has 1 aliphatic heterocycles. The highest BCUT2D eigenvalue weighted by atomic mass is 19.4. The maximum Gasteiger partial charge on any atom is 0.396 e. The van der Waals surface area contributed by atoms with Crippen molar-refractivity contribution in [3.05, 3.63) is 35.2 Å². The van der Waals surface area contributed by atoms with Crippen molar-refractivity contribution in [2.45, 2.75) is 76.1 Å². The third-order valence-corrected chi connectivity index (χ3v) is 8.26. The Hall–Kier alpha value is -2.85. The number of halogens is 5. The molecule has 5 atom stereocenters. The molecular formula is C26H28F5N3O3. The van der Waals surface area contributed by atoms with Crippen molar-refractivity contribution < 1.29 is 35.9 Å². The molecule has 6 rings (SSSR count). The predicted octanol–water partition coefficient (Wildman–Crippen LogP) is 6.26. The van der Waals surface area contributed by atoms with E-state index in [9.17, 15) is 26.7 Å². The van der Waals surface area contributed by atoms with E-state index in [1.807, 2.05) is 4.90 Å². The Labute approximate surface area is 210 Å². The summed E-state index contributed by atoms with van der Waals surface area (Å²) in [4.78, 5) is 18.9. The molecule has 200 valence electrons. The Bertz CT molecular complexity index is 1170. The highest BCUT2D eigenvalue weighted by molar-refractivity contribution is 6.03. The minimum absolute atomic E-state index is 0.0190. The van der Waals surface area contributed by atoms with Crippen molar-refractivity contribution in [2.75, 3.05) is 16.8 Å². The number of carbonyl (C=O) groups is 1. The lowest BCUT2D eigenvalue weighted by atomic mass is 9.85. The van der Waals surface area contributed by atoms with Gasteiger partial charge in [0.15, 0.2) is 23.1 Å². The maximum atomic E-state index is 14.7. The molecule has 0 spiro atoms. The van der Waals surface area contributed by atoms with Crippen molar-refractivity contribution in [3.8, 4) is 5.75 Å². The Balaban J connectivity index is 1.21. The van der Waals surface area contributed by atoms with Crippen LogP contribution in [-0.2, 0) is 6.42 Å². The SMILES string of the molecule is O=C(Nc1cc(F)c(OC2C[C@@H]3C[C@@H]3C2)c(F)c1)c1nc(N2CCC3CCCCC32)oc1CC(F)(F)F. The molecule has 4 aliphatic rings. The molecule has 1 aromatic carbocycles. The number of hydrogen-bond donors (Lipinski definition) is 1. The Morgan fingerprint density at radius 2 is 1.76 bits per heavy atom. The number of nitrogens with one attached hydrogen (secondary N) is 1. The van der Waals surface area contributed by atoms with Crippen LogP contribution in [0.1, 0.15) is 67.6 Å². The molecule has 0 radical (unpaired) electrons. The lowest BCUT2D eigenvalue weighted by Gasteiger charge is -2.30. The van der Waals surface area contributed by atoms with Gasteiger partial charge in [-0.3, -0.25) is 4.79 Å². The van der Waals surface area contributed by atoms with Gasteiger partial charge in [-0.1, -0.05) is 12.8 Å². The van der Waals surface area contributed by atoms with E-state index in [0.29, 0.717) is 24.3 Å². The Morgan fingerprint density at radius 1 is 1.05 bits per heavy atom.